The van der Waals surface area contributed by atoms with Crippen LogP contribution >= 0.6 is 0 Å². The van der Waals surface area contributed by atoms with Gasteiger partial charge in [-0.1, -0.05) is 12.4 Å². The molecule has 1 heterocycles. The van der Waals surface area contributed by atoms with Crippen molar-refractivity contribution in [1.82, 2.24) is 5.32 Å². The number of carbonyl (C=O) groups excluding carboxylic acids is 1. The van der Waals surface area contributed by atoms with Gasteiger partial charge in [-0.3, -0.25) is 4.79 Å². The van der Waals surface area contributed by atoms with Crippen molar-refractivity contribution in [3.63, 3.8) is 0 Å². The van der Waals surface area contributed by atoms with Crippen LogP contribution in [0, 0.1) is 20.8 Å². The minimum Gasteiger partial charge on any atom is -0.477 e. The molecule has 0 aliphatic carbocycles. The van der Waals surface area contributed by atoms with Crippen LogP contribution in [-0.4, -0.2) is 39.1 Å². The molecule has 0 saturated heterocycles. The molecule has 1 atom stereocenters. The van der Waals surface area contributed by atoms with Crippen LogP contribution in [0.1, 0.15) is 35.6 Å². The summed E-state index contributed by atoms with van der Waals surface area (Å²) in [5, 5.41) is 2.90. The number of aryl methyl sites for hydroxylation is 2. The summed E-state index contributed by atoms with van der Waals surface area (Å²) in [4.78, 5) is 12.5. The molecule has 0 bridgehead atoms. The summed E-state index contributed by atoms with van der Waals surface area (Å²) in [6, 6.07) is 2.19. The predicted molar refractivity (Wildman–Crippen MR) is 92.4 cm³/mol. The van der Waals surface area contributed by atoms with Crippen LogP contribution in [0.4, 0.5) is 0 Å². The Hall–Kier alpha value is -1.49. The Morgan fingerprint density at radius 3 is 2.78 bits per heavy atom. The Balaban J connectivity index is 2.06. The maximum Gasteiger partial charge on any atom is 0.263 e. The number of amides is 1. The van der Waals surface area contributed by atoms with Crippen LogP contribution in [0.25, 0.3) is 0 Å². The first-order chi connectivity index (χ1) is 10.9. The number of hydrogen-bond acceptors (Lipinski definition) is 3. The van der Waals surface area contributed by atoms with Crippen LogP contribution in [0.15, 0.2) is 6.07 Å². The topological polar surface area (TPSA) is 47.6 Å². The highest BCUT2D eigenvalue weighted by Gasteiger charge is 2.39. The quantitative estimate of drug-likeness (QED) is 0.648. The third kappa shape index (κ3) is 3.89. The van der Waals surface area contributed by atoms with E-state index in [4.69, 9.17) is 17.3 Å². The lowest BCUT2D eigenvalue weighted by Gasteiger charge is -2.36. The van der Waals surface area contributed by atoms with Crippen molar-refractivity contribution in [3.8, 4) is 5.75 Å². The summed E-state index contributed by atoms with van der Waals surface area (Å²) < 4.78 is 11.5. The maximum atomic E-state index is 12.5. The normalized spacial score (nSPS) is 19.8. The molecule has 1 aromatic carbocycles. The highest BCUT2D eigenvalue weighted by molar-refractivity contribution is 6.08. The molecule has 4 nitrogen and oxygen atoms in total. The van der Waals surface area contributed by atoms with E-state index in [1.54, 1.807) is 0 Å². The van der Waals surface area contributed by atoms with Crippen molar-refractivity contribution >= 4 is 13.8 Å². The molecular formula is C18H26BNO3. The van der Waals surface area contributed by atoms with Crippen LogP contribution in [0.5, 0.6) is 5.75 Å². The Morgan fingerprint density at radius 2 is 2.09 bits per heavy atom. The Morgan fingerprint density at radius 1 is 1.35 bits per heavy atom. The van der Waals surface area contributed by atoms with Gasteiger partial charge in [0.1, 0.15) is 5.75 Å². The maximum absolute atomic E-state index is 12.5. The van der Waals surface area contributed by atoms with Crippen molar-refractivity contribution in [3.05, 3.63) is 28.3 Å². The van der Waals surface area contributed by atoms with E-state index in [9.17, 15) is 4.79 Å². The van der Waals surface area contributed by atoms with E-state index in [1.165, 1.54) is 16.7 Å². The lowest BCUT2D eigenvalue weighted by atomic mass is 9.87. The molecule has 0 spiro atoms. The van der Waals surface area contributed by atoms with E-state index in [0.29, 0.717) is 32.5 Å². The van der Waals surface area contributed by atoms with Crippen LogP contribution < -0.4 is 10.1 Å². The summed E-state index contributed by atoms with van der Waals surface area (Å²) in [5.41, 5.74) is 3.95. The van der Waals surface area contributed by atoms with Gasteiger partial charge in [-0.05, 0) is 56.4 Å². The zero-order valence-corrected chi connectivity index (χ0v) is 14.6. The molecule has 0 saturated carbocycles. The Bertz CT molecular complexity index is 588. The number of carbonyl (C=O) groups is 1. The van der Waals surface area contributed by atoms with Gasteiger partial charge in [-0.15, -0.1) is 0 Å². The van der Waals surface area contributed by atoms with Gasteiger partial charge in [0.05, 0.1) is 14.5 Å². The molecular weight excluding hydrogens is 289 g/mol. The lowest BCUT2D eigenvalue weighted by molar-refractivity contribution is -0.137. The van der Waals surface area contributed by atoms with E-state index in [0.717, 1.165) is 17.7 Å². The second-order valence-electron chi connectivity index (χ2n) is 6.43. The number of hydrogen-bond donors (Lipinski definition) is 1. The average Bonchev–Trinajstić information content (AvgIpc) is 2.52. The summed E-state index contributed by atoms with van der Waals surface area (Å²) >= 11 is 0. The molecule has 1 aliphatic rings. The number of ether oxygens (including phenoxy) is 2. The molecule has 0 fully saturated rings. The van der Waals surface area contributed by atoms with Gasteiger partial charge >= 0.3 is 0 Å². The number of benzene rings is 1. The van der Waals surface area contributed by atoms with Gasteiger partial charge < -0.3 is 14.8 Å². The predicted octanol–water partition coefficient (Wildman–Crippen LogP) is 2.42. The molecule has 2 radical (unpaired) electrons. The number of nitrogens with one attached hydrogen (secondary N) is 1. The summed E-state index contributed by atoms with van der Waals surface area (Å²) in [6.07, 6.45) is 2.03. The second kappa shape index (κ2) is 7.39. The molecule has 124 valence electrons. The Kier molecular flexibility index (Phi) is 5.74. The highest BCUT2D eigenvalue weighted by atomic mass is 16.5. The second-order valence-corrected chi connectivity index (χ2v) is 6.43. The van der Waals surface area contributed by atoms with Gasteiger partial charge in [0.15, 0.2) is 5.60 Å². The molecule has 1 aromatic rings. The first-order valence-electron chi connectivity index (χ1n) is 8.24. The standard InChI is InChI=1S/C18H26BNO3/c1-12-11-13(2)15-5-6-18(4,23-16(15)14(12)3)17(21)20-8-10-22-9-7-19/h11H,5-10H2,1-4H3,(H,20,21). The van der Waals surface area contributed by atoms with E-state index in [1.807, 2.05) is 6.92 Å². The molecule has 5 heteroatoms. The molecule has 2 rings (SSSR count). The fourth-order valence-corrected chi connectivity index (χ4v) is 2.96. The molecule has 0 aromatic heterocycles. The van der Waals surface area contributed by atoms with Crippen molar-refractivity contribution in [2.45, 2.75) is 52.5 Å². The van der Waals surface area contributed by atoms with Gasteiger partial charge in [-0.2, -0.15) is 0 Å². The SMILES string of the molecule is [B]CCOCCNC(=O)C1(C)CCc2c(C)cc(C)c(C)c2O1. The summed E-state index contributed by atoms with van der Waals surface area (Å²) in [7, 11) is 5.36. The van der Waals surface area contributed by atoms with Crippen LogP contribution in [-0.2, 0) is 16.0 Å². The van der Waals surface area contributed by atoms with E-state index in [2.05, 4.69) is 32.2 Å². The van der Waals surface area contributed by atoms with Crippen molar-refractivity contribution < 1.29 is 14.3 Å². The fraction of sp³-hybridized carbons (Fsp3) is 0.611. The van der Waals surface area contributed by atoms with Crippen molar-refractivity contribution in [1.29, 1.82) is 0 Å². The van der Waals surface area contributed by atoms with Gasteiger partial charge in [0.2, 0.25) is 0 Å². The third-order valence-electron chi connectivity index (χ3n) is 4.57. The molecule has 1 amide bonds. The van der Waals surface area contributed by atoms with Crippen molar-refractivity contribution in [2.75, 3.05) is 19.8 Å². The fourth-order valence-electron chi connectivity index (χ4n) is 2.96. The lowest BCUT2D eigenvalue weighted by Crippen LogP contribution is -2.51. The average molecular weight is 315 g/mol. The van der Waals surface area contributed by atoms with E-state index < -0.39 is 5.60 Å². The monoisotopic (exact) mass is 315 g/mol. The molecule has 1 unspecified atom stereocenters. The molecule has 1 aliphatic heterocycles. The molecule has 1 N–H and O–H groups in total. The zero-order valence-electron chi connectivity index (χ0n) is 14.6. The summed E-state index contributed by atoms with van der Waals surface area (Å²) in [5.74, 6) is 0.795. The minimum absolute atomic E-state index is 0.0851. The smallest absolute Gasteiger partial charge is 0.263 e. The molecule has 23 heavy (non-hydrogen) atoms. The van der Waals surface area contributed by atoms with E-state index >= 15 is 0 Å². The van der Waals surface area contributed by atoms with E-state index in [-0.39, 0.29) is 5.91 Å². The zero-order chi connectivity index (χ0) is 17.0. The van der Waals surface area contributed by atoms with Crippen LogP contribution in [0.2, 0.25) is 6.32 Å². The summed E-state index contributed by atoms with van der Waals surface area (Å²) in [6.45, 7) is 9.54. The van der Waals surface area contributed by atoms with Gasteiger partial charge in [-0.25, -0.2) is 0 Å². The first-order valence-corrected chi connectivity index (χ1v) is 8.24. The van der Waals surface area contributed by atoms with Gasteiger partial charge in [0, 0.05) is 19.6 Å². The van der Waals surface area contributed by atoms with Crippen molar-refractivity contribution in [2.24, 2.45) is 0 Å². The first kappa shape index (κ1) is 17.9. The number of fused-ring (bicyclic) bond motifs is 1. The third-order valence-corrected chi connectivity index (χ3v) is 4.57. The minimum atomic E-state index is -0.828. The van der Waals surface area contributed by atoms with Crippen LogP contribution in [0.3, 0.4) is 0 Å². The number of rotatable bonds is 6. The Labute approximate surface area is 140 Å². The van der Waals surface area contributed by atoms with Gasteiger partial charge in [0.25, 0.3) is 5.91 Å². The highest BCUT2D eigenvalue weighted by Crippen LogP contribution is 2.39. The largest absolute Gasteiger partial charge is 0.477 e.